The molecule has 0 spiro atoms. The van der Waals surface area contributed by atoms with E-state index in [0.29, 0.717) is 5.69 Å². The maximum absolute atomic E-state index is 10.8. The molecule has 0 radical (unpaired) electrons. The summed E-state index contributed by atoms with van der Waals surface area (Å²) in [5.41, 5.74) is 5.99. The molecule has 0 bridgehead atoms. The maximum atomic E-state index is 10.8. The van der Waals surface area contributed by atoms with Crippen LogP contribution in [0.1, 0.15) is 0 Å². The predicted molar refractivity (Wildman–Crippen MR) is 75.5 cm³/mol. The van der Waals surface area contributed by atoms with Crippen molar-refractivity contribution >= 4 is 50.3 Å². The molecule has 7 nitrogen and oxygen atoms in total. The standard InChI is InChI=1S/C9H10Cl2N4O3S/c10-5-13-8(11)15-9(12)14-6-1-3-7(4-2-6)19(16,17)18/h1-4H,5H2,(H,16,17,18)(H3,12,13,14,15). The summed E-state index contributed by atoms with van der Waals surface area (Å²) >= 11 is 10.9. The van der Waals surface area contributed by atoms with E-state index < -0.39 is 10.1 Å². The summed E-state index contributed by atoms with van der Waals surface area (Å²) in [6.07, 6.45) is 0. The minimum Gasteiger partial charge on any atom is -0.369 e. The highest BCUT2D eigenvalue weighted by Crippen LogP contribution is 2.13. The Bertz CT molecular complexity index is 598. The Morgan fingerprint density at radius 1 is 1.37 bits per heavy atom. The predicted octanol–water partition coefficient (Wildman–Crippen LogP) is 1.45. The van der Waals surface area contributed by atoms with Crippen LogP contribution in [0.25, 0.3) is 0 Å². The van der Waals surface area contributed by atoms with E-state index in [1.54, 1.807) is 0 Å². The van der Waals surface area contributed by atoms with E-state index in [1.165, 1.54) is 24.3 Å². The minimum absolute atomic E-state index is 0.0430. The van der Waals surface area contributed by atoms with Crippen molar-refractivity contribution in [1.82, 2.24) is 0 Å². The van der Waals surface area contributed by atoms with Gasteiger partial charge < -0.3 is 11.1 Å². The fourth-order valence-corrected chi connectivity index (χ4v) is 1.88. The van der Waals surface area contributed by atoms with Gasteiger partial charge in [-0.2, -0.15) is 13.4 Å². The summed E-state index contributed by atoms with van der Waals surface area (Å²) in [5, 5.41) is 2.54. The largest absolute Gasteiger partial charge is 0.369 e. The van der Waals surface area contributed by atoms with Gasteiger partial charge in [-0.15, -0.1) is 11.6 Å². The zero-order valence-electron chi connectivity index (χ0n) is 9.42. The van der Waals surface area contributed by atoms with E-state index in [0.717, 1.165) is 0 Å². The number of nitrogens with zero attached hydrogens (tertiary/aromatic N) is 2. The van der Waals surface area contributed by atoms with Crippen molar-refractivity contribution in [1.29, 1.82) is 0 Å². The first-order valence-corrected chi connectivity index (χ1v) is 7.13. The smallest absolute Gasteiger partial charge is 0.294 e. The van der Waals surface area contributed by atoms with Gasteiger partial charge in [0.25, 0.3) is 10.1 Å². The molecule has 0 amide bonds. The SMILES string of the molecule is N/C(=N\C(Cl)=N/CCl)Nc1ccc(S(=O)(=O)O)cc1. The van der Waals surface area contributed by atoms with E-state index in [-0.39, 0.29) is 22.2 Å². The zero-order valence-corrected chi connectivity index (χ0v) is 11.7. The van der Waals surface area contributed by atoms with Crippen molar-refractivity contribution in [3.05, 3.63) is 24.3 Å². The molecule has 10 heteroatoms. The second-order valence-corrected chi connectivity index (χ2v) is 5.17. The van der Waals surface area contributed by atoms with E-state index in [1.807, 2.05) is 0 Å². The fourth-order valence-electron chi connectivity index (χ4n) is 1.07. The molecule has 0 heterocycles. The Kier molecular flexibility index (Phi) is 5.55. The minimum atomic E-state index is -4.22. The first-order chi connectivity index (χ1) is 8.82. The van der Waals surface area contributed by atoms with Crippen LogP contribution in [-0.2, 0) is 10.1 Å². The van der Waals surface area contributed by atoms with Crippen LogP contribution in [0.4, 0.5) is 5.69 Å². The molecular formula is C9H10Cl2N4O3S. The second-order valence-electron chi connectivity index (χ2n) is 3.17. The number of rotatable bonds is 3. The van der Waals surface area contributed by atoms with Crippen LogP contribution in [-0.4, -0.2) is 30.2 Å². The number of anilines is 1. The molecule has 1 rings (SSSR count). The van der Waals surface area contributed by atoms with Crippen LogP contribution in [0.2, 0.25) is 0 Å². The molecule has 0 saturated carbocycles. The molecule has 0 aliphatic carbocycles. The Morgan fingerprint density at radius 2 is 1.95 bits per heavy atom. The average Bonchev–Trinajstić information content (AvgIpc) is 2.28. The van der Waals surface area contributed by atoms with E-state index in [2.05, 4.69) is 15.3 Å². The van der Waals surface area contributed by atoms with Crippen LogP contribution in [0.5, 0.6) is 0 Å². The van der Waals surface area contributed by atoms with Crippen molar-refractivity contribution in [3.8, 4) is 0 Å². The molecular weight excluding hydrogens is 315 g/mol. The first-order valence-electron chi connectivity index (χ1n) is 4.77. The topological polar surface area (TPSA) is 117 Å². The number of guanidine groups is 1. The van der Waals surface area contributed by atoms with Gasteiger partial charge in [-0.1, -0.05) is 0 Å². The van der Waals surface area contributed by atoms with Gasteiger partial charge in [-0.3, -0.25) is 4.55 Å². The number of nitrogens with one attached hydrogen (secondary N) is 1. The highest BCUT2D eigenvalue weighted by molar-refractivity contribution is 7.85. The molecule has 1 aromatic rings. The second kappa shape index (κ2) is 6.71. The van der Waals surface area contributed by atoms with Gasteiger partial charge in [-0.25, -0.2) is 4.99 Å². The highest BCUT2D eigenvalue weighted by Gasteiger charge is 2.08. The zero-order chi connectivity index (χ0) is 14.5. The van der Waals surface area contributed by atoms with Gasteiger partial charge in [0, 0.05) is 5.69 Å². The highest BCUT2D eigenvalue weighted by atomic mass is 35.5. The maximum Gasteiger partial charge on any atom is 0.294 e. The van der Waals surface area contributed by atoms with Crippen molar-refractivity contribution in [2.45, 2.75) is 4.90 Å². The molecule has 0 aliphatic heterocycles. The molecule has 0 aliphatic rings. The number of hydrogen-bond acceptors (Lipinski definition) is 3. The number of benzene rings is 1. The Labute approximate surface area is 119 Å². The summed E-state index contributed by atoms with van der Waals surface area (Å²) in [7, 11) is -4.22. The summed E-state index contributed by atoms with van der Waals surface area (Å²) in [4.78, 5) is 7.03. The lowest BCUT2D eigenvalue weighted by Crippen LogP contribution is -2.23. The lowest BCUT2D eigenvalue weighted by Gasteiger charge is -2.05. The van der Waals surface area contributed by atoms with Crippen molar-refractivity contribution < 1.29 is 13.0 Å². The van der Waals surface area contributed by atoms with Crippen LogP contribution < -0.4 is 11.1 Å². The van der Waals surface area contributed by atoms with Gasteiger partial charge in [0.15, 0.2) is 0 Å². The summed E-state index contributed by atoms with van der Waals surface area (Å²) in [6, 6.07) is 5.17. The fraction of sp³-hybridized carbons (Fsp3) is 0.111. The molecule has 1 aromatic carbocycles. The van der Waals surface area contributed by atoms with E-state index in [9.17, 15) is 8.42 Å². The lowest BCUT2D eigenvalue weighted by molar-refractivity contribution is 0.483. The molecule has 0 saturated heterocycles. The molecule has 104 valence electrons. The van der Waals surface area contributed by atoms with Gasteiger partial charge in [-0.05, 0) is 35.9 Å². The number of alkyl halides is 1. The number of nitrogens with two attached hydrogens (primary N) is 1. The number of aliphatic imine (C=N–C) groups is 2. The average molecular weight is 325 g/mol. The third kappa shape index (κ3) is 5.43. The molecule has 0 aromatic heterocycles. The lowest BCUT2D eigenvalue weighted by atomic mass is 10.3. The van der Waals surface area contributed by atoms with Crippen molar-refractivity contribution in [2.75, 3.05) is 11.3 Å². The van der Waals surface area contributed by atoms with Gasteiger partial charge in [0.1, 0.15) is 6.00 Å². The van der Waals surface area contributed by atoms with Gasteiger partial charge in [0.2, 0.25) is 11.3 Å². The summed E-state index contributed by atoms with van der Waals surface area (Å²) in [5.74, 6) is -0.0431. The number of halogens is 2. The van der Waals surface area contributed by atoms with Crippen LogP contribution in [0, 0.1) is 0 Å². The third-order valence-electron chi connectivity index (χ3n) is 1.83. The van der Waals surface area contributed by atoms with Crippen LogP contribution >= 0.6 is 23.2 Å². The first kappa shape index (κ1) is 15.7. The quantitative estimate of drug-likeness (QED) is 0.256. The Hall–Kier alpha value is -1.35. The Balaban J connectivity index is 2.82. The molecule has 0 unspecified atom stereocenters. The number of hydrogen-bond donors (Lipinski definition) is 3. The molecule has 19 heavy (non-hydrogen) atoms. The van der Waals surface area contributed by atoms with Crippen molar-refractivity contribution in [2.24, 2.45) is 15.7 Å². The molecule has 0 atom stereocenters. The van der Waals surface area contributed by atoms with Crippen LogP contribution in [0.15, 0.2) is 39.1 Å². The normalized spacial score (nSPS) is 13.4. The van der Waals surface area contributed by atoms with Gasteiger partial charge in [0.05, 0.1) is 4.90 Å². The Morgan fingerprint density at radius 3 is 2.42 bits per heavy atom. The van der Waals surface area contributed by atoms with Crippen LogP contribution in [0.3, 0.4) is 0 Å². The monoisotopic (exact) mass is 324 g/mol. The molecule has 4 N–H and O–H groups in total. The van der Waals surface area contributed by atoms with E-state index in [4.69, 9.17) is 33.5 Å². The van der Waals surface area contributed by atoms with Gasteiger partial charge >= 0.3 is 0 Å². The summed E-state index contributed by atoms with van der Waals surface area (Å²) in [6.45, 7) is 0. The third-order valence-corrected chi connectivity index (χ3v) is 3.02. The summed E-state index contributed by atoms with van der Waals surface area (Å²) < 4.78 is 30.4. The number of amidine groups is 1. The molecule has 0 fully saturated rings. The van der Waals surface area contributed by atoms with E-state index >= 15 is 0 Å². The van der Waals surface area contributed by atoms with Crippen molar-refractivity contribution in [3.63, 3.8) is 0 Å².